The van der Waals surface area contributed by atoms with E-state index >= 15 is 0 Å². The summed E-state index contributed by atoms with van der Waals surface area (Å²) in [6, 6.07) is 2.08. The Bertz CT molecular complexity index is 505. The van der Waals surface area contributed by atoms with Crippen LogP contribution in [0.3, 0.4) is 0 Å². The van der Waals surface area contributed by atoms with Crippen molar-refractivity contribution in [2.75, 3.05) is 20.2 Å². The number of carbonyl (C=O) groups excluding carboxylic acids is 1. The lowest BCUT2D eigenvalue weighted by Gasteiger charge is -2.17. The fourth-order valence-electron chi connectivity index (χ4n) is 3.23. The van der Waals surface area contributed by atoms with Crippen molar-refractivity contribution >= 4 is 33.2 Å². The molecule has 2 fully saturated rings. The van der Waals surface area contributed by atoms with E-state index in [1.54, 1.807) is 7.11 Å². The van der Waals surface area contributed by atoms with E-state index in [0.29, 0.717) is 11.8 Å². The Morgan fingerprint density at radius 3 is 2.95 bits per heavy atom. The number of thiophene rings is 1. The molecule has 0 bridgehead atoms. The largest absolute Gasteiger partial charge is 0.495 e. The summed E-state index contributed by atoms with van der Waals surface area (Å²) in [6.07, 6.45) is 2.27. The minimum Gasteiger partial charge on any atom is -0.495 e. The molecule has 0 spiro atoms. The molecule has 3 atom stereocenters. The van der Waals surface area contributed by atoms with E-state index in [-0.39, 0.29) is 11.9 Å². The summed E-state index contributed by atoms with van der Waals surface area (Å²) in [6.45, 7) is 1.66. The van der Waals surface area contributed by atoms with Gasteiger partial charge in [-0.15, -0.1) is 11.3 Å². The summed E-state index contributed by atoms with van der Waals surface area (Å²) < 4.78 is 6.07. The average Bonchev–Trinajstić information content (AvgIpc) is 3.05. The highest BCUT2D eigenvalue weighted by Crippen LogP contribution is 2.39. The molecule has 4 nitrogen and oxygen atoms in total. The van der Waals surface area contributed by atoms with Gasteiger partial charge in [0.2, 0.25) is 0 Å². The molecule has 2 aliphatic rings. The fourth-order valence-corrected chi connectivity index (χ4v) is 4.84. The van der Waals surface area contributed by atoms with Gasteiger partial charge in [-0.2, -0.15) is 0 Å². The van der Waals surface area contributed by atoms with Gasteiger partial charge in [0.05, 0.1) is 12.0 Å². The number of amides is 1. The first-order valence-electron chi connectivity index (χ1n) is 6.48. The third-order valence-corrected chi connectivity index (χ3v) is 6.05. The van der Waals surface area contributed by atoms with E-state index in [2.05, 4.69) is 15.9 Å². The molecule has 1 amide bonds. The zero-order chi connectivity index (χ0) is 13.6. The van der Waals surface area contributed by atoms with Crippen molar-refractivity contribution < 1.29 is 9.53 Å². The van der Waals surface area contributed by atoms with E-state index < -0.39 is 0 Å². The molecule has 1 saturated carbocycles. The van der Waals surface area contributed by atoms with Gasteiger partial charge in [-0.3, -0.25) is 4.79 Å². The fraction of sp³-hybridized carbons (Fsp3) is 0.615. The van der Waals surface area contributed by atoms with E-state index in [1.165, 1.54) is 11.3 Å². The van der Waals surface area contributed by atoms with Crippen LogP contribution in [0.1, 0.15) is 22.5 Å². The Kier molecular flexibility index (Phi) is 3.57. The molecule has 2 N–H and O–H groups in total. The van der Waals surface area contributed by atoms with Gasteiger partial charge in [0.1, 0.15) is 9.54 Å². The first kappa shape index (κ1) is 13.4. The van der Waals surface area contributed by atoms with E-state index in [9.17, 15) is 4.79 Å². The highest BCUT2D eigenvalue weighted by atomic mass is 79.9. The minimum absolute atomic E-state index is 0.107. The van der Waals surface area contributed by atoms with Gasteiger partial charge >= 0.3 is 0 Å². The molecule has 1 aliphatic heterocycles. The van der Waals surface area contributed by atoms with Crippen molar-refractivity contribution in [1.82, 2.24) is 4.90 Å². The van der Waals surface area contributed by atoms with Gasteiger partial charge < -0.3 is 15.4 Å². The zero-order valence-corrected chi connectivity index (χ0v) is 13.2. The van der Waals surface area contributed by atoms with Crippen molar-refractivity contribution in [3.05, 3.63) is 14.7 Å². The molecule has 0 radical (unpaired) electrons. The summed E-state index contributed by atoms with van der Waals surface area (Å²) in [5, 5.41) is 0. The predicted octanol–water partition coefficient (Wildman–Crippen LogP) is 2.33. The van der Waals surface area contributed by atoms with Crippen LogP contribution in [-0.2, 0) is 0 Å². The number of nitrogens with zero attached hydrogens (tertiary/aromatic N) is 1. The molecule has 3 unspecified atom stereocenters. The van der Waals surface area contributed by atoms with Crippen LogP contribution in [0, 0.1) is 11.8 Å². The molecule has 3 rings (SSSR count). The Labute approximate surface area is 125 Å². The predicted molar refractivity (Wildman–Crippen MR) is 78.7 cm³/mol. The number of nitrogens with two attached hydrogens (primary N) is 1. The van der Waals surface area contributed by atoms with Crippen molar-refractivity contribution in [1.29, 1.82) is 0 Å². The van der Waals surface area contributed by atoms with Crippen molar-refractivity contribution in [3.63, 3.8) is 0 Å². The molecule has 1 saturated heterocycles. The maximum Gasteiger partial charge on any atom is 0.264 e. The summed E-state index contributed by atoms with van der Waals surface area (Å²) in [5.41, 5.74) is 6.11. The summed E-state index contributed by atoms with van der Waals surface area (Å²) in [7, 11) is 1.61. The Morgan fingerprint density at radius 2 is 2.32 bits per heavy atom. The maximum absolute atomic E-state index is 12.5. The van der Waals surface area contributed by atoms with Crippen molar-refractivity contribution in [2.24, 2.45) is 17.6 Å². The first-order valence-corrected chi connectivity index (χ1v) is 8.09. The number of rotatable bonds is 2. The third-order valence-electron chi connectivity index (χ3n) is 4.29. The second-order valence-electron chi connectivity index (χ2n) is 5.33. The molecule has 2 heterocycles. The number of hydrogen-bond donors (Lipinski definition) is 1. The van der Waals surface area contributed by atoms with Gasteiger partial charge in [0.15, 0.2) is 0 Å². The molecule has 6 heteroatoms. The van der Waals surface area contributed by atoms with Crippen molar-refractivity contribution in [3.8, 4) is 5.75 Å². The topological polar surface area (TPSA) is 55.6 Å². The van der Waals surface area contributed by atoms with Gasteiger partial charge in [-0.1, -0.05) is 0 Å². The monoisotopic (exact) mass is 344 g/mol. The number of ether oxygens (including phenoxy) is 1. The van der Waals surface area contributed by atoms with Crippen LogP contribution in [0.5, 0.6) is 5.75 Å². The number of carbonyl (C=O) groups is 1. The van der Waals surface area contributed by atoms with Gasteiger partial charge in [-0.25, -0.2) is 0 Å². The second-order valence-corrected chi connectivity index (χ2v) is 7.70. The molecule has 1 aliphatic carbocycles. The Hall–Kier alpha value is -0.590. The molecular weight excluding hydrogens is 328 g/mol. The molecular formula is C13H17BrN2O2S. The summed E-state index contributed by atoms with van der Waals surface area (Å²) >= 11 is 4.85. The van der Waals surface area contributed by atoms with Crippen LogP contribution in [0.2, 0.25) is 0 Å². The van der Waals surface area contributed by atoms with E-state index in [0.717, 1.165) is 40.3 Å². The molecule has 104 valence electrons. The van der Waals surface area contributed by atoms with Crippen LogP contribution in [0.4, 0.5) is 0 Å². The highest BCUT2D eigenvalue weighted by molar-refractivity contribution is 9.11. The molecule has 1 aromatic heterocycles. The van der Waals surface area contributed by atoms with E-state index in [4.69, 9.17) is 10.5 Å². The summed E-state index contributed by atoms with van der Waals surface area (Å²) in [5.74, 6) is 1.93. The van der Waals surface area contributed by atoms with Crippen molar-refractivity contribution in [2.45, 2.75) is 18.9 Å². The second kappa shape index (κ2) is 5.07. The average molecular weight is 345 g/mol. The molecule has 19 heavy (non-hydrogen) atoms. The van der Waals surface area contributed by atoms with Crippen LogP contribution >= 0.6 is 27.3 Å². The quantitative estimate of drug-likeness (QED) is 0.895. The van der Waals surface area contributed by atoms with Crippen LogP contribution < -0.4 is 10.5 Å². The number of hydrogen-bond acceptors (Lipinski definition) is 4. The summed E-state index contributed by atoms with van der Waals surface area (Å²) in [4.78, 5) is 15.2. The minimum atomic E-state index is 0.107. The number of methoxy groups -OCH3 is 1. The van der Waals surface area contributed by atoms with Gasteiger partial charge in [-0.05, 0) is 40.6 Å². The lowest BCUT2D eigenvalue weighted by molar-refractivity contribution is 0.0784. The normalized spacial score (nSPS) is 29.6. The highest BCUT2D eigenvalue weighted by Gasteiger charge is 2.42. The van der Waals surface area contributed by atoms with E-state index in [1.807, 2.05) is 11.0 Å². The smallest absolute Gasteiger partial charge is 0.264 e. The number of likely N-dealkylation sites (tertiary alicyclic amines) is 1. The standard InChI is InChI=1S/C13H17BrN2O2S/c1-18-10-4-11(19-12(10)14)13(17)16-5-7-2-3-9(15)8(7)6-16/h4,7-9H,2-3,5-6,15H2,1H3. The lowest BCUT2D eigenvalue weighted by atomic mass is 9.98. The SMILES string of the molecule is COc1cc(C(=O)N2CC3CCC(N)C3C2)sc1Br. The Morgan fingerprint density at radius 1 is 1.53 bits per heavy atom. The molecule has 0 aromatic carbocycles. The van der Waals surface area contributed by atoms with Crippen LogP contribution in [-0.4, -0.2) is 37.0 Å². The molecule has 1 aromatic rings. The maximum atomic E-state index is 12.5. The van der Waals surface area contributed by atoms with Gasteiger partial charge in [0.25, 0.3) is 5.91 Å². The third kappa shape index (κ3) is 2.30. The van der Waals surface area contributed by atoms with Crippen LogP contribution in [0.25, 0.3) is 0 Å². The first-order chi connectivity index (χ1) is 9.10. The van der Waals surface area contributed by atoms with Crippen LogP contribution in [0.15, 0.2) is 9.85 Å². The Balaban J connectivity index is 1.74. The van der Waals surface area contributed by atoms with Gasteiger partial charge in [0, 0.05) is 25.2 Å². The number of halogens is 1. The zero-order valence-electron chi connectivity index (χ0n) is 10.8. The lowest BCUT2D eigenvalue weighted by Crippen LogP contribution is -2.33. The number of fused-ring (bicyclic) bond motifs is 1.